The Balaban J connectivity index is 1.02. The van der Waals surface area contributed by atoms with Crippen LogP contribution >= 0.6 is 0 Å². The monoisotopic (exact) mass is 485 g/mol. The van der Waals surface area contributed by atoms with Gasteiger partial charge in [0.15, 0.2) is 0 Å². The lowest BCUT2D eigenvalue weighted by atomic mass is 9.62. The maximum atomic E-state index is 6.06. The number of ether oxygens (including phenoxy) is 1. The molecule has 1 heterocycles. The number of hydrogen-bond donors (Lipinski definition) is 0. The van der Waals surface area contributed by atoms with Gasteiger partial charge in [-0.25, -0.2) is 0 Å². The molecule has 5 rings (SSSR count). The molecule has 4 heteroatoms. The molecule has 192 valence electrons. The highest BCUT2D eigenvalue weighted by molar-refractivity contribution is 5.49. The normalized spacial score (nSPS) is 23.0. The Morgan fingerprint density at radius 1 is 1.08 bits per heavy atom. The summed E-state index contributed by atoms with van der Waals surface area (Å²) in [5.41, 5.74) is 4.28. The van der Waals surface area contributed by atoms with E-state index in [1.54, 1.807) is 0 Å². The van der Waals surface area contributed by atoms with Gasteiger partial charge in [-0.15, -0.1) is 0 Å². The fraction of sp³-hybridized carbons (Fsp3) is 0.531. The number of rotatable bonds is 12. The van der Waals surface area contributed by atoms with Crippen LogP contribution in [0.4, 0.5) is 5.69 Å². The van der Waals surface area contributed by atoms with Gasteiger partial charge in [-0.3, -0.25) is 5.01 Å². The average molecular weight is 486 g/mol. The van der Waals surface area contributed by atoms with Gasteiger partial charge in [0.05, 0.1) is 12.3 Å². The Hall–Kier alpha value is -2.75. The molecule has 1 saturated heterocycles. The van der Waals surface area contributed by atoms with E-state index in [0.717, 1.165) is 48.8 Å². The fourth-order valence-corrected chi connectivity index (χ4v) is 6.70. The van der Waals surface area contributed by atoms with Gasteiger partial charge in [-0.1, -0.05) is 43.3 Å². The first-order valence-corrected chi connectivity index (χ1v) is 14.1. The first-order valence-electron chi connectivity index (χ1n) is 14.1. The third-order valence-electron chi connectivity index (χ3n) is 9.17. The zero-order valence-electron chi connectivity index (χ0n) is 22.1. The Labute approximate surface area is 218 Å². The zero-order valence-corrected chi connectivity index (χ0v) is 22.1. The maximum absolute atomic E-state index is 6.06. The molecule has 2 aromatic carbocycles. The second-order valence-corrected chi connectivity index (χ2v) is 11.2. The van der Waals surface area contributed by atoms with Gasteiger partial charge in [0.2, 0.25) is 0 Å². The molecular formula is C32H43N3O. The molecule has 0 bridgehead atoms. The van der Waals surface area contributed by atoms with E-state index in [2.05, 4.69) is 72.7 Å². The van der Waals surface area contributed by atoms with Crippen molar-refractivity contribution in [2.75, 3.05) is 31.3 Å². The van der Waals surface area contributed by atoms with Crippen LogP contribution in [0.1, 0.15) is 63.9 Å². The summed E-state index contributed by atoms with van der Waals surface area (Å²) < 4.78 is 6.06. The van der Waals surface area contributed by atoms with E-state index in [1.165, 1.54) is 69.3 Å². The highest BCUT2D eigenvalue weighted by Gasteiger charge is 2.44. The second-order valence-electron chi connectivity index (χ2n) is 11.2. The molecule has 0 amide bonds. The predicted octanol–water partition coefficient (Wildman–Crippen LogP) is 7.27. The Kier molecular flexibility index (Phi) is 7.69. The van der Waals surface area contributed by atoms with Crippen LogP contribution in [0.15, 0.2) is 72.0 Å². The van der Waals surface area contributed by atoms with Crippen LogP contribution in [0.2, 0.25) is 0 Å². The lowest BCUT2D eigenvalue weighted by Gasteiger charge is -2.45. The van der Waals surface area contributed by atoms with Crippen LogP contribution in [0.25, 0.3) is 0 Å². The number of likely N-dealkylation sites (tertiary alicyclic amines) is 1. The predicted molar refractivity (Wildman–Crippen MR) is 151 cm³/mol. The van der Waals surface area contributed by atoms with Gasteiger partial charge < -0.3 is 9.64 Å². The van der Waals surface area contributed by atoms with Crippen LogP contribution in [-0.2, 0) is 5.41 Å². The van der Waals surface area contributed by atoms with E-state index in [4.69, 9.17) is 4.74 Å². The molecule has 2 aromatic rings. The molecule has 0 spiro atoms. The van der Waals surface area contributed by atoms with E-state index >= 15 is 0 Å². The summed E-state index contributed by atoms with van der Waals surface area (Å²) in [7, 11) is 0. The van der Waals surface area contributed by atoms with Crippen molar-refractivity contribution in [3.05, 3.63) is 72.4 Å². The Bertz CT molecular complexity index is 1010. The molecular weight excluding hydrogens is 442 g/mol. The molecule has 2 saturated carbocycles. The van der Waals surface area contributed by atoms with Crippen molar-refractivity contribution in [1.29, 1.82) is 0 Å². The highest BCUT2D eigenvalue weighted by atomic mass is 16.5. The number of nitrogens with zero attached hydrogens (tertiary/aromatic N) is 3. The minimum atomic E-state index is 0.342. The van der Waals surface area contributed by atoms with Crippen LogP contribution in [0, 0.1) is 17.8 Å². The van der Waals surface area contributed by atoms with Gasteiger partial charge in [-0.2, -0.15) is 5.10 Å². The van der Waals surface area contributed by atoms with Crippen molar-refractivity contribution < 1.29 is 4.74 Å². The van der Waals surface area contributed by atoms with Gasteiger partial charge in [0.25, 0.3) is 0 Å². The maximum Gasteiger partial charge on any atom is 0.119 e. The lowest BCUT2D eigenvalue weighted by Crippen LogP contribution is -2.40. The zero-order chi connectivity index (χ0) is 25.0. The van der Waals surface area contributed by atoms with E-state index in [1.807, 2.05) is 17.1 Å². The van der Waals surface area contributed by atoms with Gasteiger partial charge in [0, 0.05) is 37.5 Å². The van der Waals surface area contributed by atoms with Crippen molar-refractivity contribution >= 4 is 12.4 Å². The number of benzene rings is 2. The molecule has 0 unspecified atom stereocenters. The summed E-state index contributed by atoms with van der Waals surface area (Å²) in [5.74, 6) is 3.59. The smallest absolute Gasteiger partial charge is 0.119 e. The molecule has 0 N–H and O–H groups in total. The van der Waals surface area contributed by atoms with Crippen molar-refractivity contribution in [2.24, 2.45) is 22.9 Å². The molecule has 2 atom stereocenters. The molecule has 1 aliphatic heterocycles. The minimum Gasteiger partial charge on any atom is -0.494 e. The van der Waals surface area contributed by atoms with E-state index < -0.39 is 0 Å². The lowest BCUT2D eigenvalue weighted by molar-refractivity contribution is 0.171. The first kappa shape index (κ1) is 24.9. The summed E-state index contributed by atoms with van der Waals surface area (Å²) >= 11 is 0. The topological polar surface area (TPSA) is 28.1 Å². The van der Waals surface area contributed by atoms with Crippen LogP contribution < -0.4 is 9.75 Å². The van der Waals surface area contributed by atoms with Crippen molar-refractivity contribution in [3.63, 3.8) is 0 Å². The molecule has 0 aromatic heterocycles. The van der Waals surface area contributed by atoms with Crippen molar-refractivity contribution in [2.45, 2.75) is 63.7 Å². The summed E-state index contributed by atoms with van der Waals surface area (Å²) in [6.45, 7) is 14.3. The molecule has 3 aliphatic rings. The number of allylic oxidation sites excluding steroid dienone is 1. The summed E-state index contributed by atoms with van der Waals surface area (Å²) in [4.78, 5) is 2.60. The van der Waals surface area contributed by atoms with E-state index in [9.17, 15) is 0 Å². The van der Waals surface area contributed by atoms with Crippen molar-refractivity contribution in [3.8, 4) is 5.75 Å². The molecule has 36 heavy (non-hydrogen) atoms. The second kappa shape index (κ2) is 11.1. The average Bonchev–Trinajstić information content (AvgIpc) is 3.68. The number of hydrazone groups is 1. The number of hydrogen-bond acceptors (Lipinski definition) is 4. The van der Waals surface area contributed by atoms with Gasteiger partial charge in [0.1, 0.15) is 5.75 Å². The molecule has 4 nitrogen and oxygen atoms in total. The van der Waals surface area contributed by atoms with Crippen molar-refractivity contribution in [1.82, 2.24) is 4.90 Å². The summed E-state index contributed by atoms with van der Waals surface area (Å²) in [5, 5.41) is 5.92. The third-order valence-corrected chi connectivity index (χ3v) is 9.17. The fourth-order valence-electron chi connectivity index (χ4n) is 6.70. The number of piperidine rings is 1. The summed E-state index contributed by atoms with van der Waals surface area (Å²) in [6, 6.07) is 19.4. The van der Waals surface area contributed by atoms with E-state index in [0.29, 0.717) is 5.41 Å². The SMILES string of the molecule is C=NN(CC)c1ccc(OCC[C@@H]2C[C@@H]2C2CCN(C(=C)CC3(c4ccccc4)CCC3)CC2)cc1. The quantitative estimate of drug-likeness (QED) is 0.234. The first-order chi connectivity index (χ1) is 17.6. The minimum absolute atomic E-state index is 0.342. The summed E-state index contributed by atoms with van der Waals surface area (Å²) in [6.07, 6.45) is 10.3. The Morgan fingerprint density at radius 2 is 1.81 bits per heavy atom. The number of anilines is 1. The molecule has 0 radical (unpaired) electrons. The standard InChI is InChI=1S/C32H43N3O/c1-4-35(33-3)29-11-13-30(14-12-29)36-22-17-27-23-31(27)26-15-20-34(21-16-26)25(2)24-32(18-8-19-32)28-9-6-5-7-10-28/h5-7,9-14,26-27,31H,2-4,8,15-24H2,1H3/t27-,31-/m1/s1. The molecule has 3 fully saturated rings. The van der Waals surface area contributed by atoms with Crippen LogP contribution in [0.5, 0.6) is 5.75 Å². The highest BCUT2D eigenvalue weighted by Crippen LogP contribution is 2.51. The Morgan fingerprint density at radius 3 is 2.42 bits per heavy atom. The van der Waals surface area contributed by atoms with Crippen LogP contribution in [0.3, 0.4) is 0 Å². The van der Waals surface area contributed by atoms with Crippen LogP contribution in [-0.4, -0.2) is 37.9 Å². The van der Waals surface area contributed by atoms with Gasteiger partial charge in [-0.05, 0) is 99.5 Å². The largest absolute Gasteiger partial charge is 0.494 e. The van der Waals surface area contributed by atoms with Gasteiger partial charge >= 0.3 is 0 Å². The molecule has 2 aliphatic carbocycles. The third kappa shape index (κ3) is 5.48. The van der Waals surface area contributed by atoms with E-state index in [-0.39, 0.29) is 0 Å².